The molecule has 1 heterocycles. The Morgan fingerprint density at radius 2 is 0.597 bits per heavy atom. The molecule has 0 N–H and O–H groups in total. The fourth-order valence-electron chi connectivity index (χ4n) is 9.41. The van der Waals surface area contributed by atoms with Crippen molar-refractivity contribution in [2.45, 2.75) is 5.41 Å². The summed E-state index contributed by atoms with van der Waals surface area (Å²) in [7, 11) is -2.80. The zero-order valence-corrected chi connectivity index (χ0v) is 35.3. The maximum absolute atomic E-state index is 5.49. The minimum atomic E-state index is -2.80. The lowest BCUT2D eigenvalue weighted by Crippen LogP contribution is -2.74. The lowest BCUT2D eigenvalue weighted by Gasteiger charge is -2.37. The largest absolute Gasteiger partial charge is 0.228 e. The number of aromatic nitrogens is 2. The van der Waals surface area contributed by atoms with E-state index in [2.05, 4.69) is 267 Å². The summed E-state index contributed by atoms with van der Waals surface area (Å²) in [6.45, 7) is 0. The zero-order valence-electron chi connectivity index (χ0n) is 34.3. The van der Waals surface area contributed by atoms with E-state index in [0.29, 0.717) is 5.82 Å². The van der Waals surface area contributed by atoms with Gasteiger partial charge in [0.05, 0.1) is 16.8 Å². The van der Waals surface area contributed by atoms with Crippen LogP contribution >= 0.6 is 0 Å². The van der Waals surface area contributed by atoms with Crippen molar-refractivity contribution in [3.05, 3.63) is 289 Å². The van der Waals surface area contributed by atoms with Crippen LogP contribution in [0, 0.1) is 0 Å². The van der Waals surface area contributed by atoms with E-state index in [9.17, 15) is 0 Å². The summed E-state index contributed by atoms with van der Waals surface area (Å²) in [5.74, 6) is 0.686. The second kappa shape index (κ2) is 17.1. The molecule has 0 saturated heterocycles. The van der Waals surface area contributed by atoms with Gasteiger partial charge in [0.25, 0.3) is 0 Å². The molecule has 10 rings (SSSR count). The van der Waals surface area contributed by atoms with Gasteiger partial charge in [0.2, 0.25) is 0 Å². The Morgan fingerprint density at radius 1 is 0.258 bits per heavy atom. The third kappa shape index (κ3) is 6.99. The van der Waals surface area contributed by atoms with E-state index in [0.717, 1.165) is 33.6 Å². The summed E-state index contributed by atoms with van der Waals surface area (Å²) in [5, 5.41) is 5.24. The fraction of sp³-hybridized carbons (Fsp3) is 0.0169. The third-order valence-electron chi connectivity index (χ3n) is 12.2. The number of hydrogen-bond acceptors (Lipinski definition) is 2. The van der Waals surface area contributed by atoms with E-state index >= 15 is 0 Å². The lowest BCUT2D eigenvalue weighted by molar-refractivity contribution is 0.745. The Labute approximate surface area is 365 Å². The van der Waals surface area contributed by atoms with Crippen molar-refractivity contribution in [1.82, 2.24) is 9.97 Å². The van der Waals surface area contributed by atoms with E-state index < -0.39 is 13.5 Å². The smallest absolute Gasteiger partial charge is 0.179 e. The SMILES string of the molecule is c1ccc(-c2cc(-c3cccc(C(c4ccccc4)(c4ccccc4)c4ccccc4)c3)nc(-c3cccc([Si](c4ccccc4)(c4ccccc4)c4ccccc4)c3)n2)cc1. The van der Waals surface area contributed by atoms with Gasteiger partial charge in [-0.25, -0.2) is 9.97 Å². The zero-order chi connectivity index (χ0) is 41.6. The van der Waals surface area contributed by atoms with Crippen molar-refractivity contribution in [3.63, 3.8) is 0 Å². The Morgan fingerprint density at radius 3 is 1.06 bits per heavy atom. The predicted octanol–water partition coefficient (Wildman–Crippen LogP) is 11.2. The van der Waals surface area contributed by atoms with Crippen LogP contribution in [0.5, 0.6) is 0 Å². The van der Waals surface area contributed by atoms with Crippen molar-refractivity contribution >= 4 is 28.8 Å². The number of nitrogens with zero attached hydrogens (tertiary/aromatic N) is 2. The number of rotatable bonds is 11. The normalized spacial score (nSPS) is 11.5. The molecule has 10 aromatic rings. The standard InChI is InChI=1S/C59H44N2Si/c1-8-24-45(25-9-1)56-44-57(46-26-22-34-51(42-46)59(48-28-10-2-11-29-48,49-30-12-3-13-31-49)50-32-14-4-15-33-50)61-58(60-56)47-27-23-41-55(43-47)62(52-35-16-5-17-36-52,53-37-18-6-19-38-53)54-39-20-7-21-40-54/h1-44H. The molecule has 0 amide bonds. The molecule has 0 fully saturated rings. The highest BCUT2D eigenvalue weighted by atomic mass is 28.3. The van der Waals surface area contributed by atoms with Crippen LogP contribution < -0.4 is 20.7 Å². The molecule has 0 unspecified atom stereocenters. The van der Waals surface area contributed by atoms with E-state index in [4.69, 9.17) is 9.97 Å². The molecular weight excluding hydrogens is 765 g/mol. The highest BCUT2D eigenvalue weighted by Crippen LogP contribution is 2.46. The van der Waals surface area contributed by atoms with Crippen LogP contribution in [-0.4, -0.2) is 18.0 Å². The number of hydrogen-bond donors (Lipinski definition) is 0. The molecule has 2 nitrogen and oxygen atoms in total. The quantitative estimate of drug-likeness (QED) is 0.0961. The molecule has 0 saturated carbocycles. The summed E-state index contributed by atoms with van der Waals surface area (Å²) >= 11 is 0. The first-order chi connectivity index (χ1) is 30.7. The average Bonchev–Trinajstić information content (AvgIpc) is 3.37. The second-order valence-corrected chi connectivity index (χ2v) is 19.5. The van der Waals surface area contributed by atoms with Crippen LogP contribution in [0.1, 0.15) is 22.3 Å². The van der Waals surface area contributed by atoms with E-state index in [1.165, 1.54) is 37.4 Å². The minimum Gasteiger partial charge on any atom is -0.228 e. The predicted molar refractivity (Wildman–Crippen MR) is 260 cm³/mol. The molecule has 3 heteroatoms. The molecule has 62 heavy (non-hydrogen) atoms. The van der Waals surface area contributed by atoms with Gasteiger partial charge in [-0.05, 0) is 55.1 Å². The van der Waals surface area contributed by atoms with Gasteiger partial charge in [-0.3, -0.25) is 0 Å². The van der Waals surface area contributed by atoms with E-state index in [-0.39, 0.29) is 0 Å². The van der Waals surface area contributed by atoms with Gasteiger partial charge in [0.1, 0.15) is 0 Å². The monoisotopic (exact) mass is 808 g/mol. The van der Waals surface area contributed by atoms with Gasteiger partial charge in [0.15, 0.2) is 13.9 Å². The Bertz CT molecular complexity index is 2650. The molecule has 9 aromatic carbocycles. The summed E-state index contributed by atoms with van der Waals surface area (Å²) in [6, 6.07) is 96.4. The van der Waals surface area contributed by atoms with Crippen LogP contribution in [0.15, 0.2) is 267 Å². The van der Waals surface area contributed by atoms with Gasteiger partial charge in [0, 0.05) is 16.7 Å². The van der Waals surface area contributed by atoms with E-state index in [1.54, 1.807) is 0 Å². The highest BCUT2D eigenvalue weighted by Gasteiger charge is 2.42. The summed E-state index contributed by atoms with van der Waals surface area (Å²) in [5.41, 5.74) is 8.93. The highest BCUT2D eigenvalue weighted by molar-refractivity contribution is 7.19. The maximum Gasteiger partial charge on any atom is 0.179 e. The molecule has 0 atom stereocenters. The second-order valence-electron chi connectivity index (χ2n) is 15.7. The topological polar surface area (TPSA) is 25.8 Å². The minimum absolute atomic E-state index is 0.591. The first-order valence-corrected chi connectivity index (χ1v) is 23.2. The van der Waals surface area contributed by atoms with Crippen LogP contribution in [0.4, 0.5) is 0 Å². The molecule has 0 spiro atoms. The molecule has 0 aliphatic heterocycles. The van der Waals surface area contributed by atoms with Crippen LogP contribution in [0.25, 0.3) is 33.9 Å². The molecule has 0 aliphatic rings. The maximum atomic E-state index is 5.49. The average molecular weight is 809 g/mol. The van der Waals surface area contributed by atoms with Crippen molar-refractivity contribution in [3.8, 4) is 33.9 Å². The molecule has 0 aliphatic carbocycles. The van der Waals surface area contributed by atoms with Crippen molar-refractivity contribution in [1.29, 1.82) is 0 Å². The van der Waals surface area contributed by atoms with Crippen LogP contribution in [-0.2, 0) is 5.41 Å². The molecule has 0 bridgehead atoms. The van der Waals surface area contributed by atoms with Gasteiger partial charge in [-0.2, -0.15) is 0 Å². The molecule has 0 radical (unpaired) electrons. The molecule has 1 aromatic heterocycles. The van der Waals surface area contributed by atoms with Crippen LogP contribution in [0.2, 0.25) is 0 Å². The van der Waals surface area contributed by atoms with Gasteiger partial charge in [-0.1, -0.05) is 255 Å². The van der Waals surface area contributed by atoms with Crippen molar-refractivity contribution in [2.75, 3.05) is 0 Å². The number of benzene rings is 9. The Balaban J connectivity index is 1.20. The lowest BCUT2D eigenvalue weighted by atomic mass is 9.65. The van der Waals surface area contributed by atoms with Crippen molar-refractivity contribution < 1.29 is 0 Å². The first kappa shape index (κ1) is 38.5. The molecular formula is C59H44N2Si. The summed E-state index contributed by atoms with van der Waals surface area (Å²) in [6.07, 6.45) is 0. The summed E-state index contributed by atoms with van der Waals surface area (Å²) < 4.78 is 0. The van der Waals surface area contributed by atoms with Crippen LogP contribution in [0.3, 0.4) is 0 Å². The van der Waals surface area contributed by atoms with Gasteiger partial charge in [-0.15, -0.1) is 0 Å². The Kier molecular flexibility index (Phi) is 10.6. The van der Waals surface area contributed by atoms with Crippen molar-refractivity contribution in [2.24, 2.45) is 0 Å². The van der Waals surface area contributed by atoms with Gasteiger partial charge >= 0.3 is 0 Å². The molecule has 294 valence electrons. The fourth-order valence-corrected chi connectivity index (χ4v) is 14.2. The first-order valence-electron chi connectivity index (χ1n) is 21.2. The summed E-state index contributed by atoms with van der Waals surface area (Å²) in [4.78, 5) is 10.8. The third-order valence-corrected chi connectivity index (χ3v) is 17.0. The van der Waals surface area contributed by atoms with E-state index in [1.807, 2.05) is 0 Å². The Hall–Kier alpha value is -7.72. The van der Waals surface area contributed by atoms with Gasteiger partial charge < -0.3 is 0 Å².